The van der Waals surface area contributed by atoms with E-state index >= 15 is 0 Å². The van der Waals surface area contributed by atoms with E-state index in [1.807, 2.05) is 0 Å². The third-order valence-electron chi connectivity index (χ3n) is 4.72. The molecule has 0 unspecified atom stereocenters. The number of anilines is 1. The van der Waals surface area contributed by atoms with Crippen molar-refractivity contribution in [3.8, 4) is 5.75 Å². The second-order valence-corrected chi connectivity index (χ2v) is 10.8. The molecule has 0 aliphatic rings. The predicted octanol–water partition coefficient (Wildman–Crippen LogP) is 3.75. The topological polar surface area (TPSA) is 114 Å². The molecule has 0 aromatic heterocycles. The average Bonchev–Trinajstić information content (AvgIpc) is 2.87. The summed E-state index contributed by atoms with van der Waals surface area (Å²) in [5.41, 5.74) is 2.78. The Kier molecular flexibility index (Phi) is 9.02. The monoisotopic (exact) mass is 523 g/mol. The summed E-state index contributed by atoms with van der Waals surface area (Å²) < 4.78 is 38.1. The summed E-state index contributed by atoms with van der Waals surface area (Å²) in [6.45, 7) is 4.65. The number of hydrogen-bond donors (Lipinski definition) is 1. The molecule has 0 saturated carbocycles. The van der Waals surface area contributed by atoms with E-state index in [4.69, 9.17) is 9.47 Å². The van der Waals surface area contributed by atoms with Crippen LogP contribution in [0, 0.1) is 0 Å². The van der Waals surface area contributed by atoms with E-state index in [9.17, 15) is 18.0 Å². The molecule has 0 spiro atoms. The van der Waals surface area contributed by atoms with Gasteiger partial charge in [0, 0.05) is 0 Å². The average molecular weight is 524 g/mol. The van der Waals surface area contributed by atoms with Gasteiger partial charge in [-0.3, -0.25) is 9.10 Å². The van der Waals surface area contributed by atoms with Crippen molar-refractivity contribution in [2.75, 3.05) is 17.5 Å². The Labute approximate surface area is 216 Å². The highest BCUT2D eigenvalue weighted by atomic mass is 32.2. The molecule has 1 amide bonds. The van der Waals surface area contributed by atoms with Crippen LogP contribution in [0.2, 0.25) is 0 Å². The number of carbonyl (C=O) groups excluding carboxylic acids is 2. The van der Waals surface area contributed by atoms with Crippen molar-refractivity contribution in [1.29, 1.82) is 0 Å². The van der Waals surface area contributed by atoms with Gasteiger partial charge in [0.1, 0.15) is 17.9 Å². The largest absolute Gasteiger partial charge is 0.482 e. The van der Waals surface area contributed by atoms with Gasteiger partial charge in [0.05, 0.1) is 16.8 Å². The molecule has 0 bridgehead atoms. The molecule has 0 aliphatic carbocycles. The van der Waals surface area contributed by atoms with Crippen LogP contribution in [0.5, 0.6) is 5.75 Å². The molecular weight excluding hydrogens is 494 g/mol. The van der Waals surface area contributed by atoms with Gasteiger partial charge in [0.15, 0.2) is 6.61 Å². The molecule has 3 rings (SSSR count). The molecule has 0 aliphatic heterocycles. The van der Waals surface area contributed by atoms with E-state index < -0.39 is 34.0 Å². The number of esters is 1. The molecule has 0 fully saturated rings. The van der Waals surface area contributed by atoms with E-state index in [1.54, 1.807) is 93.6 Å². The van der Waals surface area contributed by atoms with Gasteiger partial charge in [-0.15, -0.1) is 0 Å². The zero-order valence-electron chi connectivity index (χ0n) is 20.8. The third-order valence-corrected chi connectivity index (χ3v) is 6.51. The molecule has 0 saturated heterocycles. The lowest BCUT2D eigenvalue weighted by molar-refractivity contribution is -0.157. The summed E-state index contributed by atoms with van der Waals surface area (Å²) in [5, 5.41) is 3.93. The van der Waals surface area contributed by atoms with Gasteiger partial charge in [0.25, 0.3) is 15.9 Å². The lowest BCUT2D eigenvalue weighted by Crippen LogP contribution is -2.39. The van der Waals surface area contributed by atoms with Crippen LogP contribution in [0.1, 0.15) is 26.3 Å². The Balaban J connectivity index is 1.60. The van der Waals surface area contributed by atoms with Gasteiger partial charge in [-0.25, -0.2) is 18.6 Å². The van der Waals surface area contributed by atoms with Crippen molar-refractivity contribution in [2.24, 2.45) is 5.10 Å². The fourth-order valence-electron chi connectivity index (χ4n) is 3.14. The number of carbonyl (C=O) groups is 2. The Hall–Kier alpha value is -4.18. The molecule has 0 atom stereocenters. The molecule has 194 valence electrons. The Bertz CT molecular complexity index is 1320. The minimum Gasteiger partial charge on any atom is -0.482 e. The first-order valence-electron chi connectivity index (χ1n) is 11.4. The zero-order valence-corrected chi connectivity index (χ0v) is 21.6. The van der Waals surface area contributed by atoms with Crippen molar-refractivity contribution in [3.05, 3.63) is 90.5 Å². The van der Waals surface area contributed by atoms with E-state index in [1.165, 1.54) is 18.3 Å². The van der Waals surface area contributed by atoms with Gasteiger partial charge >= 0.3 is 5.97 Å². The maximum Gasteiger partial charge on any atom is 0.344 e. The summed E-state index contributed by atoms with van der Waals surface area (Å²) in [4.78, 5) is 24.4. The lowest BCUT2D eigenvalue weighted by Gasteiger charge is -2.23. The standard InChI is InChI=1S/C27H29N3O6S/c1-27(2,3)36-26(32)20-35-23-16-14-21(15-17-23)18-28-29-25(31)19-30(22-10-6-4-7-11-22)37(33,34)24-12-8-5-9-13-24/h4-18H,19-20H2,1-3H3,(H,29,31)/b28-18-. The summed E-state index contributed by atoms with van der Waals surface area (Å²) in [5.74, 6) is -0.617. The number of sulfonamides is 1. The lowest BCUT2D eigenvalue weighted by atomic mass is 10.2. The first-order valence-corrected chi connectivity index (χ1v) is 12.9. The molecule has 37 heavy (non-hydrogen) atoms. The normalized spacial score (nSPS) is 11.6. The highest BCUT2D eigenvalue weighted by molar-refractivity contribution is 7.92. The van der Waals surface area contributed by atoms with Crippen molar-refractivity contribution in [2.45, 2.75) is 31.3 Å². The van der Waals surface area contributed by atoms with Gasteiger partial charge in [-0.2, -0.15) is 5.10 Å². The van der Waals surface area contributed by atoms with Crippen LogP contribution in [0.4, 0.5) is 5.69 Å². The number of para-hydroxylation sites is 1. The third kappa shape index (κ3) is 8.46. The van der Waals surface area contributed by atoms with Crippen molar-refractivity contribution in [1.82, 2.24) is 5.43 Å². The highest BCUT2D eigenvalue weighted by Crippen LogP contribution is 2.23. The SMILES string of the molecule is CC(C)(C)OC(=O)COc1ccc(/C=N\NC(=O)CN(c2ccccc2)S(=O)(=O)c2ccccc2)cc1. The van der Waals surface area contributed by atoms with Gasteiger partial charge in [0.2, 0.25) is 0 Å². The van der Waals surface area contributed by atoms with Crippen molar-refractivity contribution in [3.63, 3.8) is 0 Å². The van der Waals surface area contributed by atoms with Crippen LogP contribution < -0.4 is 14.5 Å². The predicted molar refractivity (Wildman–Crippen MR) is 141 cm³/mol. The fourth-order valence-corrected chi connectivity index (χ4v) is 4.58. The number of hydrazone groups is 1. The summed E-state index contributed by atoms with van der Waals surface area (Å²) >= 11 is 0. The molecule has 1 N–H and O–H groups in total. The smallest absolute Gasteiger partial charge is 0.344 e. The first kappa shape index (κ1) is 27.4. The second kappa shape index (κ2) is 12.2. The van der Waals surface area contributed by atoms with Crippen LogP contribution in [-0.2, 0) is 24.3 Å². The van der Waals surface area contributed by atoms with Gasteiger partial charge in [-0.05, 0) is 74.9 Å². The number of nitrogens with one attached hydrogen (secondary N) is 1. The maximum atomic E-state index is 13.2. The molecular formula is C27H29N3O6S. The summed E-state index contributed by atoms with van der Waals surface area (Å²) in [6, 6.07) is 23.0. The van der Waals surface area contributed by atoms with Gasteiger partial charge < -0.3 is 9.47 Å². The quantitative estimate of drug-likeness (QED) is 0.246. The number of nitrogens with zero attached hydrogens (tertiary/aromatic N) is 2. The molecule has 0 heterocycles. The molecule has 0 radical (unpaired) electrons. The molecule has 10 heteroatoms. The number of benzene rings is 3. The van der Waals surface area contributed by atoms with Crippen molar-refractivity contribution >= 4 is 33.8 Å². The van der Waals surface area contributed by atoms with Crippen LogP contribution in [-0.4, -0.2) is 45.3 Å². The number of ether oxygens (including phenoxy) is 2. The van der Waals surface area contributed by atoms with E-state index in [0.29, 0.717) is 17.0 Å². The van der Waals surface area contributed by atoms with Gasteiger partial charge in [-0.1, -0.05) is 36.4 Å². The van der Waals surface area contributed by atoms with Crippen molar-refractivity contribution < 1.29 is 27.5 Å². The van der Waals surface area contributed by atoms with Crippen LogP contribution >= 0.6 is 0 Å². The van der Waals surface area contributed by atoms with E-state index in [-0.39, 0.29) is 11.5 Å². The van der Waals surface area contributed by atoms with E-state index in [2.05, 4.69) is 10.5 Å². The highest BCUT2D eigenvalue weighted by Gasteiger charge is 2.26. The number of rotatable bonds is 10. The van der Waals surface area contributed by atoms with Crippen LogP contribution in [0.25, 0.3) is 0 Å². The first-order chi connectivity index (χ1) is 17.5. The molecule has 9 nitrogen and oxygen atoms in total. The fraction of sp³-hybridized carbons (Fsp3) is 0.222. The number of amides is 1. The molecule has 3 aromatic carbocycles. The Morgan fingerprint density at radius 1 is 0.919 bits per heavy atom. The summed E-state index contributed by atoms with van der Waals surface area (Å²) in [7, 11) is -3.98. The minimum atomic E-state index is -3.98. The Morgan fingerprint density at radius 2 is 1.51 bits per heavy atom. The number of hydrogen-bond acceptors (Lipinski definition) is 7. The van der Waals surface area contributed by atoms with E-state index in [0.717, 1.165) is 4.31 Å². The summed E-state index contributed by atoms with van der Waals surface area (Å²) in [6.07, 6.45) is 1.41. The Morgan fingerprint density at radius 3 is 2.11 bits per heavy atom. The van der Waals surface area contributed by atoms with Crippen LogP contribution in [0.3, 0.4) is 0 Å². The maximum absolute atomic E-state index is 13.2. The second-order valence-electron chi connectivity index (χ2n) is 8.90. The van der Waals surface area contributed by atoms with Crippen LogP contribution in [0.15, 0.2) is 94.9 Å². The zero-order chi connectivity index (χ0) is 26.9. The molecule has 3 aromatic rings. The minimum absolute atomic E-state index is 0.0733.